The molecule has 0 bridgehead atoms. The number of halogens is 1. The van der Waals surface area contributed by atoms with Crippen molar-refractivity contribution in [2.75, 3.05) is 5.32 Å². The van der Waals surface area contributed by atoms with Crippen LogP contribution in [0.25, 0.3) is 0 Å². The van der Waals surface area contributed by atoms with Crippen LogP contribution in [-0.2, 0) is 5.41 Å². The van der Waals surface area contributed by atoms with E-state index in [0.29, 0.717) is 27.4 Å². The Kier molecular flexibility index (Phi) is 6.95. The lowest BCUT2D eigenvalue weighted by molar-refractivity contribution is 0.0846. The summed E-state index contributed by atoms with van der Waals surface area (Å²) < 4.78 is 0. The number of amides is 3. The van der Waals surface area contributed by atoms with Crippen molar-refractivity contribution in [1.29, 1.82) is 0 Å². The second-order valence-electron chi connectivity index (χ2n) is 8.28. The fourth-order valence-corrected chi connectivity index (χ4v) is 3.11. The second-order valence-corrected chi connectivity index (χ2v) is 8.71. The van der Waals surface area contributed by atoms with E-state index in [-0.39, 0.29) is 11.3 Å². The molecular weight excluding hydrogens is 426 g/mol. The molecule has 3 N–H and O–H groups in total. The highest BCUT2D eigenvalue weighted by Crippen LogP contribution is 2.22. The van der Waals surface area contributed by atoms with E-state index >= 15 is 0 Å². The van der Waals surface area contributed by atoms with Crippen LogP contribution in [0.3, 0.4) is 0 Å². The molecule has 3 amide bonds. The third-order valence-corrected chi connectivity index (χ3v) is 5.03. The van der Waals surface area contributed by atoms with Crippen LogP contribution in [0.15, 0.2) is 72.8 Å². The third kappa shape index (κ3) is 5.95. The number of carbonyl (C=O) groups excluding carboxylic acids is 3. The van der Waals surface area contributed by atoms with E-state index in [1.807, 2.05) is 12.1 Å². The minimum absolute atomic E-state index is 0.0129. The number of nitrogens with one attached hydrogen (secondary N) is 3. The van der Waals surface area contributed by atoms with Crippen LogP contribution < -0.4 is 16.2 Å². The minimum atomic E-state index is -0.490. The Bertz CT molecular complexity index is 1130. The zero-order valence-electron chi connectivity index (χ0n) is 18.0. The minimum Gasteiger partial charge on any atom is -0.322 e. The molecule has 0 unspecified atom stereocenters. The number of hydrazine groups is 1. The van der Waals surface area contributed by atoms with Gasteiger partial charge in [0.15, 0.2) is 0 Å². The third-order valence-electron chi connectivity index (χ3n) is 4.79. The van der Waals surface area contributed by atoms with Gasteiger partial charge in [0.2, 0.25) is 0 Å². The first-order valence-corrected chi connectivity index (χ1v) is 10.4. The molecule has 6 nitrogen and oxygen atoms in total. The van der Waals surface area contributed by atoms with Crippen LogP contribution in [0.4, 0.5) is 5.69 Å². The fraction of sp³-hybridized carbons (Fsp3) is 0.160. The standard InChI is InChI=1S/C25H24ClN3O3/c1-25(2,3)19-11-7-16(8-12-19)22(30)27-21-13-9-17(10-14-21)23(31)28-29-24(32)18-5-4-6-20(26)15-18/h4-15H,1-3H3,(H,27,30)(H,28,31)(H,29,32). The SMILES string of the molecule is CC(C)(C)c1ccc(C(=O)Nc2ccc(C(=O)NNC(=O)c3cccc(Cl)c3)cc2)cc1. The van der Waals surface area contributed by atoms with E-state index in [2.05, 4.69) is 36.9 Å². The van der Waals surface area contributed by atoms with Crippen LogP contribution in [0.1, 0.15) is 57.4 Å². The van der Waals surface area contributed by atoms with E-state index < -0.39 is 11.8 Å². The molecule has 0 radical (unpaired) electrons. The number of rotatable bonds is 4. The first-order chi connectivity index (χ1) is 15.1. The highest BCUT2D eigenvalue weighted by Gasteiger charge is 2.15. The van der Waals surface area contributed by atoms with Gasteiger partial charge in [-0.25, -0.2) is 0 Å². The van der Waals surface area contributed by atoms with Crippen LogP contribution in [0, 0.1) is 0 Å². The lowest BCUT2D eigenvalue weighted by atomic mass is 9.87. The molecule has 32 heavy (non-hydrogen) atoms. The molecule has 0 fully saturated rings. The quantitative estimate of drug-likeness (QED) is 0.492. The first kappa shape index (κ1) is 23.0. The van der Waals surface area contributed by atoms with E-state index in [9.17, 15) is 14.4 Å². The van der Waals surface area contributed by atoms with Crippen molar-refractivity contribution in [2.24, 2.45) is 0 Å². The molecule has 0 atom stereocenters. The summed E-state index contributed by atoms with van der Waals surface area (Å²) in [5.41, 5.74) is 7.59. The van der Waals surface area contributed by atoms with Gasteiger partial charge in [0.05, 0.1) is 0 Å². The average Bonchev–Trinajstić information content (AvgIpc) is 2.77. The van der Waals surface area contributed by atoms with Crippen molar-refractivity contribution in [3.63, 3.8) is 0 Å². The molecule has 3 aromatic rings. The zero-order valence-corrected chi connectivity index (χ0v) is 18.8. The van der Waals surface area contributed by atoms with E-state index in [0.717, 1.165) is 5.56 Å². The smallest absolute Gasteiger partial charge is 0.269 e. The van der Waals surface area contributed by atoms with Crippen LogP contribution >= 0.6 is 11.6 Å². The normalized spacial score (nSPS) is 10.9. The van der Waals surface area contributed by atoms with Crippen LogP contribution in [0.5, 0.6) is 0 Å². The maximum atomic E-state index is 12.5. The molecule has 0 aromatic heterocycles. The molecule has 3 aromatic carbocycles. The Morgan fingerprint density at radius 2 is 1.22 bits per heavy atom. The van der Waals surface area contributed by atoms with Crippen molar-refractivity contribution in [3.8, 4) is 0 Å². The summed E-state index contributed by atoms with van der Waals surface area (Å²) in [6.45, 7) is 6.34. The van der Waals surface area contributed by atoms with Gasteiger partial charge in [0.1, 0.15) is 0 Å². The van der Waals surface area contributed by atoms with E-state index in [1.54, 1.807) is 54.6 Å². The number of hydrogen-bond acceptors (Lipinski definition) is 3. The summed E-state index contributed by atoms with van der Waals surface area (Å²) in [6, 6.07) is 20.2. The summed E-state index contributed by atoms with van der Waals surface area (Å²) in [4.78, 5) is 36.8. The van der Waals surface area contributed by atoms with Gasteiger partial charge in [0.25, 0.3) is 17.7 Å². The number of carbonyl (C=O) groups is 3. The summed E-state index contributed by atoms with van der Waals surface area (Å²) in [6.07, 6.45) is 0. The Hall–Kier alpha value is -3.64. The number of benzene rings is 3. The molecule has 3 rings (SSSR count). The largest absolute Gasteiger partial charge is 0.322 e. The topological polar surface area (TPSA) is 87.3 Å². The maximum Gasteiger partial charge on any atom is 0.269 e. The molecule has 0 saturated carbocycles. The summed E-state index contributed by atoms with van der Waals surface area (Å²) >= 11 is 5.86. The van der Waals surface area contributed by atoms with Gasteiger partial charge >= 0.3 is 0 Å². The summed E-state index contributed by atoms with van der Waals surface area (Å²) in [7, 11) is 0. The predicted octanol–water partition coefficient (Wildman–Crippen LogP) is 4.96. The maximum absolute atomic E-state index is 12.5. The monoisotopic (exact) mass is 449 g/mol. The van der Waals surface area contributed by atoms with Gasteiger partial charge in [-0.1, -0.05) is 50.6 Å². The molecule has 164 valence electrons. The lowest BCUT2D eigenvalue weighted by Crippen LogP contribution is -2.41. The molecular formula is C25H24ClN3O3. The Labute approximate surface area is 192 Å². The molecule has 0 spiro atoms. The molecule has 0 heterocycles. The molecule has 0 aliphatic carbocycles. The Morgan fingerprint density at radius 3 is 1.78 bits per heavy atom. The van der Waals surface area contributed by atoms with Gasteiger partial charge in [-0.2, -0.15) is 0 Å². The van der Waals surface area contributed by atoms with Crippen molar-refractivity contribution < 1.29 is 14.4 Å². The Morgan fingerprint density at radius 1 is 0.688 bits per heavy atom. The lowest BCUT2D eigenvalue weighted by Gasteiger charge is -2.19. The second kappa shape index (κ2) is 9.66. The number of anilines is 1. The van der Waals surface area contributed by atoms with Gasteiger partial charge < -0.3 is 5.32 Å². The van der Waals surface area contributed by atoms with Crippen molar-refractivity contribution in [3.05, 3.63) is 100 Å². The predicted molar refractivity (Wildman–Crippen MR) is 126 cm³/mol. The van der Waals surface area contributed by atoms with Crippen molar-refractivity contribution >= 4 is 35.0 Å². The molecule has 7 heteroatoms. The average molecular weight is 450 g/mol. The van der Waals surface area contributed by atoms with Crippen LogP contribution in [-0.4, -0.2) is 17.7 Å². The van der Waals surface area contributed by atoms with Gasteiger partial charge in [0, 0.05) is 27.4 Å². The molecule has 0 aliphatic rings. The summed E-state index contributed by atoms with van der Waals surface area (Å²) in [5.74, 6) is -1.21. The highest BCUT2D eigenvalue weighted by atomic mass is 35.5. The highest BCUT2D eigenvalue weighted by molar-refractivity contribution is 6.31. The van der Waals surface area contributed by atoms with Gasteiger partial charge in [-0.15, -0.1) is 0 Å². The Balaban J connectivity index is 1.56. The van der Waals surface area contributed by atoms with Crippen molar-refractivity contribution in [1.82, 2.24) is 10.9 Å². The van der Waals surface area contributed by atoms with Crippen molar-refractivity contribution in [2.45, 2.75) is 26.2 Å². The first-order valence-electron chi connectivity index (χ1n) is 10.0. The molecule has 0 aliphatic heterocycles. The zero-order chi connectivity index (χ0) is 23.3. The van der Waals surface area contributed by atoms with E-state index in [4.69, 9.17) is 11.6 Å². The number of hydrogen-bond donors (Lipinski definition) is 3. The molecule has 0 saturated heterocycles. The van der Waals surface area contributed by atoms with Gasteiger partial charge in [-0.05, 0) is 65.6 Å². The fourth-order valence-electron chi connectivity index (χ4n) is 2.92. The summed E-state index contributed by atoms with van der Waals surface area (Å²) in [5, 5.41) is 3.23. The van der Waals surface area contributed by atoms with Crippen LogP contribution in [0.2, 0.25) is 5.02 Å². The van der Waals surface area contributed by atoms with Gasteiger partial charge in [-0.3, -0.25) is 25.2 Å². The van der Waals surface area contributed by atoms with E-state index in [1.165, 1.54) is 6.07 Å².